The normalized spacial score (nSPS) is 11.1. The van der Waals surface area contributed by atoms with E-state index in [-0.39, 0.29) is 5.75 Å². The third kappa shape index (κ3) is 3.56. The van der Waals surface area contributed by atoms with Crippen molar-refractivity contribution in [3.05, 3.63) is 41.7 Å². The highest BCUT2D eigenvalue weighted by atomic mass is 16.3. The highest BCUT2D eigenvalue weighted by molar-refractivity contribution is 5.27. The number of hydrogen-bond donors (Lipinski definition) is 2. The highest BCUT2D eigenvalue weighted by Gasteiger charge is 2.02. The summed E-state index contributed by atoms with van der Waals surface area (Å²) in [6, 6.07) is 7.59. The Balaban J connectivity index is 1.98. The minimum Gasteiger partial charge on any atom is -0.508 e. The van der Waals surface area contributed by atoms with E-state index in [9.17, 15) is 5.11 Å². The Morgan fingerprint density at radius 1 is 1.39 bits per heavy atom. The van der Waals surface area contributed by atoms with Crippen LogP contribution in [-0.2, 0) is 13.1 Å². The molecule has 0 unspecified atom stereocenters. The molecule has 0 saturated heterocycles. The van der Waals surface area contributed by atoms with Gasteiger partial charge in [-0.15, -0.1) is 5.10 Å². The molecule has 96 valence electrons. The molecular formula is C13H18N4O. The summed E-state index contributed by atoms with van der Waals surface area (Å²) in [5, 5.41) is 20.8. The average Bonchev–Trinajstić information content (AvgIpc) is 2.74. The zero-order valence-electron chi connectivity index (χ0n) is 10.7. The van der Waals surface area contributed by atoms with Crippen LogP contribution >= 0.6 is 0 Å². The first-order valence-electron chi connectivity index (χ1n) is 6.04. The van der Waals surface area contributed by atoms with Gasteiger partial charge in [-0.05, 0) is 17.7 Å². The zero-order valence-corrected chi connectivity index (χ0v) is 10.7. The van der Waals surface area contributed by atoms with Gasteiger partial charge in [0.25, 0.3) is 0 Å². The van der Waals surface area contributed by atoms with Crippen LogP contribution in [0.1, 0.15) is 25.1 Å². The van der Waals surface area contributed by atoms with Crippen LogP contribution in [0.25, 0.3) is 0 Å². The van der Waals surface area contributed by atoms with Crippen molar-refractivity contribution in [2.45, 2.75) is 33.0 Å². The summed E-state index contributed by atoms with van der Waals surface area (Å²) in [5.74, 6) is 0.273. The lowest BCUT2D eigenvalue weighted by Crippen LogP contribution is -2.21. The highest BCUT2D eigenvalue weighted by Crippen LogP contribution is 2.11. The summed E-state index contributed by atoms with van der Waals surface area (Å²) in [6.07, 6.45) is 1.92. The minimum absolute atomic E-state index is 0.273. The van der Waals surface area contributed by atoms with Crippen LogP contribution in [0.15, 0.2) is 30.5 Å². The number of aromatic nitrogens is 3. The molecule has 0 spiro atoms. The topological polar surface area (TPSA) is 63.0 Å². The zero-order chi connectivity index (χ0) is 13.0. The van der Waals surface area contributed by atoms with E-state index < -0.39 is 0 Å². The summed E-state index contributed by atoms with van der Waals surface area (Å²) < 4.78 is 1.77. The summed E-state index contributed by atoms with van der Waals surface area (Å²) in [7, 11) is 0. The maximum atomic E-state index is 9.39. The van der Waals surface area contributed by atoms with E-state index in [1.165, 1.54) is 0 Å². The third-order valence-corrected chi connectivity index (χ3v) is 2.53. The van der Waals surface area contributed by atoms with Crippen molar-refractivity contribution in [1.29, 1.82) is 0 Å². The largest absolute Gasteiger partial charge is 0.508 e. The number of nitrogens with zero attached hydrogens (tertiary/aromatic N) is 3. The fraction of sp³-hybridized carbons (Fsp3) is 0.385. The Labute approximate surface area is 106 Å². The van der Waals surface area contributed by atoms with E-state index in [2.05, 4.69) is 29.5 Å². The molecule has 0 fully saturated rings. The average molecular weight is 246 g/mol. The van der Waals surface area contributed by atoms with E-state index >= 15 is 0 Å². The van der Waals surface area contributed by atoms with Gasteiger partial charge in [0.2, 0.25) is 0 Å². The van der Waals surface area contributed by atoms with Gasteiger partial charge in [-0.2, -0.15) is 0 Å². The molecule has 0 aliphatic carbocycles. The molecule has 1 aromatic heterocycles. The number of hydrogen-bond acceptors (Lipinski definition) is 4. The number of phenolic OH excluding ortho intramolecular Hbond substituents is 1. The van der Waals surface area contributed by atoms with Gasteiger partial charge in [-0.25, -0.2) is 4.68 Å². The second-order valence-corrected chi connectivity index (χ2v) is 4.61. The lowest BCUT2D eigenvalue weighted by molar-refractivity contribution is 0.474. The van der Waals surface area contributed by atoms with Crippen molar-refractivity contribution in [3.63, 3.8) is 0 Å². The Hall–Kier alpha value is -1.88. The molecule has 18 heavy (non-hydrogen) atoms. The molecule has 2 N–H and O–H groups in total. The van der Waals surface area contributed by atoms with Gasteiger partial charge in [0.15, 0.2) is 0 Å². The quantitative estimate of drug-likeness (QED) is 0.840. The molecule has 0 bridgehead atoms. The van der Waals surface area contributed by atoms with Gasteiger partial charge < -0.3 is 10.4 Å². The first-order valence-corrected chi connectivity index (χ1v) is 6.04. The first kappa shape index (κ1) is 12.6. The van der Waals surface area contributed by atoms with Crippen molar-refractivity contribution in [2.24, 2.45) is 0 Å². The molecule has 5 nitrogen and oxygen atoms in total. The standard InChI is InChI=1S/C13H18N4O/c1-10(2)14-7-12-9-17(16-15-12)8-11-4-3-5-13(18)6-11/h3-6,9-10,14,18H,7-8H2,1-2H3. The third-order valence-electron chi connectivity index (χ3n) is 2.53. The van der Waals surface area contributed by atoms with Crippen molar-refractivity contribution >= 4 is 0 Å². The molecule has 0 amide bonds. The van der Waals surface area contributed by atoms with Crippen molar-refractivity contribution in [1.82, 2.24) is 20.3 Å². The van der Waals surface area contributed by atoms with Crippen LogP contribution in [-0.4, -0.2) is 26.1 Å². The number of phenols is 1. The molecule has 1 aromatic carbocycles. The van der Waals surface area contributed by atoms with Crippen molar-refractivity contribution < 1.29 is 5.11 Å². The lowest BCUT2D eigenvalue weighted by Gasteiger charge is -2.04. The summed E-state index contributed by atoms with van der Waals surface area (Å²) in [6.45, 7) is 5.52. The maximum Gasteiger partial charge on any atom is 0.115 e. The molecule has 0 atom stereocenters. The van der Waals surface area contributed by atoms with Gasteiger partial charge in [0.1, 0.15) is 5.75 Å². The second kappa shape index (κ2) is 5.64. The number of nitrogens with one attached hydrogen (secondary N) is 1. The molecule has 5 heteroatoms. The smallest absolute Gasteiger partial charge is 0.115 e. The van der Waals surface area contributed by atoms with Gasteiger partial charge in [0.05, 0.1) is 18.4 Å². The van der Waals surface area contributed by atoms with Crippen LogP contribution in [0.2, 0.25) is 0 Å². The summed E-state index contributed by atoms with van der Waals surface area (Å²) in [4.78, 5) is 0. The first-order chi connectivity index (χ1) is 8.63. The molecule has 0 radical (unpaired) electrons. The number of aromatic hydroxyl groups is 1. The summed E-state index contributed by atoms with van der Waals surface area (Å²) in [5.41, 5.74) is 1.92. The van der Waals surface area contributed by atoms with Gasteiger partial charge in [-0.3, -0.25) is 0 Å². The lowest BCUT2D eigenvalue weighted by atomic mass is 10.2. The molecule has 2 aromatic rings. The van der Waals surface area contributed by atoms with E-state index in [0.29, 0.717) is 12.6 Å². The van der Waals surface area contributed by atoms with E-state index in [4.69, 9.17) is 0 Å². The molecule has 0 aliphatic heterocycles. The molecule has 0 aliphatic rings. The predicted molar refractivity (Wildman–Crippen MR) is 69.2 cm³/mol. The number of benzene rings is 1. The Morgan fingerprint density at radius 3 is 2.94 bits per heavy atom. The van der Waals surface area contributed by atoms with Crippen molar-refractivity contribution in [2.75, 3.05) is 0 Å². The van der Waals surface area contributed by atoms with Gasteiger partial charge in [-0.1, -0.05) is 31.2 Å². The van der Waals surface area contributed by atoms with Crippen LogP contribution in [0, 0.1) is 0 Å². The van der Waals surface area contributed by atoms with Crippen molar-refractivity contribution in [3.8, 4) is 5.75 Å². The minimum atomic E-state index is 0.273. The summed E-state index contributed by atoms with van der Waals surface area (Å²) >= 11 is 0. The molecule has 0 saturated carbocycles. The fourth-order valence-corrected chi connectivity index (χ4v) is 1.65. The van der Waals surface area contributed by atoms with Gasteiger partial charge >= 0.3 is 0 Å². The predicted octanol–water partition coefficient (Wildman–Crippen LogP) is 1.53. The monoisotopic (exact) mass is 246 g/mol. The second-order valence-electron chi connectivity index (χ2n) is 4.61. The maximum absolute atomic E-state index is 9.39. The van der Waals surface area contributed by atoms with Crippen LogP contribution in [0.3, 0.4) is 0 Å². The van der Waals surface area contributed by atoms with Crippen LogP contribution < -0.4 is 5.32 Å². The fourth-order valence-electron chi connectivity index (χ4n) is 1.65. The molecular weight excluding hydrogens is 228 g/mol. The SMILES string of the molecule is CC(C)NCc1cn(Cc2cccc(O)c2)nn1. The Bertz CT molecular complexity index is 507. The van der Waals surface area contributed by atoms with E-state index in [1.54, 1.807) is 16.8 Å². The Morgan fingerprint density at radius 2 is 2.22 bits per heavy atom. The van der Waals surface area contributed by atoms with Gasteiger partial charge in [0, 0.05) is 12.6 Å². The molecule has 2 rings (SSSR count). The molecule has 1 heterocycles. The Kier molecular flexibility index (Phi) is 3.94. The van der Waals surface area contributed by atoms with Crippen LogP contribution in [0.5, 0.6) is 5.75 Å². The van der Waals surface area contributed by atoms with E-state index in [0.717, 1.165) is 17.8 Å². The number of rotatable bonds is 5. The van der Waals surface area contributed by atoms with E-state index in [1.807, 2.05) is 18.3 Å². The van der Waals surface area contributed by atoms with Crippen LogP contribution in [0.4, 0.5) is 0 Å².